The summed E-state index contributed by atoms with van der Waals surface area (Å²) < 4.78 is 0. The molecule has 0 saturated heterocycles. The van der Waals surface area contributed by atoms with Gasteiger partial charge in [0, 0.05) is 5.92 Å². The summed E-state index contributed by atoms with van der Waals surface area (Å²) in [6.07, 6.45) is 3.40. The van der Waals surface area contributed by atoms with Crippen molar-refractivity contribution in [3.8, 4) is 0 Å². The molecule has 0 unspecified atom stereocenters. The summed E-state index contributed by atoms with van der Waals surface area (Å²) in [5.74, 6) is 0.307. The summed E-state index contributed by atoms with van der Waals surface area (Å²) in [7, 11) is 0. The van der Waals surface area contributed by atoms with Crippen molar-refractivity contribution in [3.63, 3.8) is 0 Å². The fraction of sp³-hybridized carbons (Fsp3) is 0.130. The van der Waals surface area contributed by atoms with Crippen molar-refractivity contribution >= 4 is 0 Å². The van der Waals surface area contributed by atoms with Crippen LogP contribution in [0.15, 0.2) is 103 Å². The second kappa shape index (κ2) is 7.60. The molecule has 0 saturated carbocycles. The second-order valence-corrected chi connectivity index (χ2v) is 5.97. The van der Waals surface area contributed by atoms with E-state index in [-0.39, 0.29) is 0 Å². The van der Waals surface area contributed by atoms with Crippen molar-refractivity contribution in [1.29, 1.82) is 0 Å². The van der Waals surface area contributed by atoms with Crippen LogP contribution in [0.3, 0.4) is 0 Å². The summed E-state index contributed by atoms with van der Waals surface area (Å²) in [5.41, 5.74) is 5.44. The van der Waals surface area contributed by atoms with Crippen LogP contribution in [0.2, 0.25) is 0 Å². The Balaban J connectivity index is 1.91. The Labute approximate surface area is 139 Å². The minimum absolute atomic E-state index is 0.307. The third-order valence-corrected chi connectivity index (χ3v) is 4.09. The van der Waals surface area contributed by atoms with Crippen molar-refractivity contribution < 1.29 is 0 Å². The van der Waals surface area contributed by atoms with Gasteiger partial charge < -0.3 is 0 Å². The Morgan fingerprint density at radius 3 is 1.61 bits per heavy atom. The molecule has 0 aliphatic rings. The molecule has 0 heterocycles. The molecule has 3 aromatic carbocycles. The van der Waals surface area contributed by atoms with Crippen molar-refractivity contribution in [2.45, 2.75) is 19.3 Å². The largest absolute Gasteiger partial charge is 0.0734 e. The van der Waals surface area contributed by atoms with E-state index in [1.165, 1.54) is 22.3 Å². The molecule has 0 aliphatic carbocycles. The van der Waals surface area contributed by atoms with E-state index in [2.05, 4.69) is 104 Å². The van der Waals surface area contributed by atoms with Gasteiger partial charge in [-0.25, -0.2) is 0 Å². The van der Waals surface area contributed by atoms with E-state index in [0.717, 1.165) is 6.42 Å². The van der Waals surface area contributed by atoms with Gasteiger partial charge in [-0.05, 0) is 30.0 Å². The predicted molar refractivity (Wildman–Crippen MR) is 98.6 cm³/mol. The minimum Gasteiger partial charge on any atom is -0.0734 e. The summed E-state index contributed by atoms with van der Waals surface area (Å²) in [6, 6.07) is 32.1. The Bertz CT molecular complexity index is 700. The third-order valence-electron chi connectivity index (χ3n) is 4.09. The van der Waals surface area contributed by atoms with Crippen LogP contribution in [0.1, 0.15) is 29.5 Å². The molecule has 3 rings (SSSR count). The number of rotatable bonds is 5. The lowest BCUT2D eigenvalue weighted by molar-refractivity contribution is 0.986. The van der Waals surface area contributed by atoms with E-state index in [1.54, 1.807) is 0 Å². The summed E-state index contributed by atoms with van der Waals surface area (Å²) in [6.45, 7) is 2.23. The van der Waals surface area contributed by atoms with Crippen LogP contribution < -0.4 is 0 Å². The molecular formula is C23H22. The maximum absolute atomic E-state index is 2.40. The first-order valence-electron chi connectivity index (χ1n) is 8.14. The molecule has 0 atom stereocenters. The van der Waals surface area contributed by atoms with Gasteiger partial charge in [0.25, 0.3) is 0 Å². The highest BCUT2D eigenvalue weighted by Gasteiger charge is 2.11. The zero-order chi connectivity index (χ0) is 15.9. The van der Waals surface area contributed by atoms with Crippen molar-refractivity contribution in [3.05, 3.63) is 119 Å². The van der Waals surface area contributed by atoms with Gasteiger partial charge in [0.1, 0.15) is 0 Å². The highest BCUT2D eigenvalue weighted by Crippen LogP contribution is 2.27. The smallest absolute Gasteiger partial charge is 0.0272 e. The van der Waals surface area contributed by atoms with E-state index in [1.807, 2.05) is 0 Å². The molecule has 0 nitrogen and oxygen atoms in total. The van der Waals surface area contributed by atoms with Gasteiger partial charge >= 0.3 is 0 Å². The molecule has 23 heavy (non-hydrogen) atoms. The first-order chi connectivity index (χ1) is 11.3. The standard InChI is InChI=1S/C23H22/c1-19(17-20-11-5-2-6-12-20)18-23(21-13-7-3-8-14-21)22-15-9-4-10-16-22/h2-16,18,23H,17H2,1H3/b19-18-. The van der Waals surface area contributed by atoms with E-state index in [0.29, 0.717) is 5.92 Å². The lowest BCUT2D eigenvalue weighted by Gasteiger charge is -2.16. The minimum atomic E-state index is 0.307. The van der Waals surface area contributed by atoms with E-state index in [9.17, 15) is 0 Å². The third kappa shape index (κ3) is 4.20. The molecule has 0 aromatic heterocycles. The number of allylic oxidation sites excluding steroid dienone is 2. The first kappa shape index (κ1) is 15.3. The molecule has 0 aliphatic heterocycles. The predicted octanol–water partition coefficient (Wildman–Crippen LogP) is 6.01. The van der Waals surface area contributed by atoms with E-state index in [4.69, 9.17) is 0 Å². The van der Waals surface area contributed by atoms with E-state index < -0.39 is 0 Å². The number of benzene rings is 3. The van der Waals surface area contributed by atoms with Gasteiger partial charge in [-0.15, -0.1) is 0 Å². The monoisotopic (exact) mass is 298 g/mol. The molecule has 114 valence electrons. The van der Waals surface area contributed by atoms with Crippen LogP contribution in [0.4, 0.5) is 0 Å². The number of hydrogen-bond donors (Lipinski definition) is 0. The van der Waals surface area contributed by atoms with Crippen LogP contribution in [0, 0.1) is 0 Å². The molecule has 3 aromatic rings. The van der Waals surface area contributed by atoms with Crippen LogP contribution in [0.25, 0.3) is 0 Å². The van der Waals surface area contributed by atoms with Crippen molar-refractivity contribution in [2.75, 3.05) is 0 Å². The second-order valence-electron chi connectivity index (χ2n) is 5.97. The summed E-state index contributed by atoms with van der Waals surface area (Å²) >= 11 is 0. The Hall–Kier alpha value is -2.60. The van der Waals surface area contributed by atoms with Crippen LogP contribution in [-0.4, -0.2) is 0 Å². The Kier molecular flexibility index (Phi) is 5.06. The van der Waals surface area contributed by atoms with Crippen LogP contribution in [-0.2, 0) is 6.42 Å². The molecule has 0 heteroatoms. The van der Waals surface area contributed by atoms with E-state index >= 15 is 0 Å². The van der Waals surface area contributed by atoms with Gasteiger partial charge in [-0.1, -0.05) is 103 Å². The highest BCUT2D eigenvalue weighted by molar-refractivity contribution is 5.38. The molecule has 0 bridgehead atoms. The van der Waals surface area contributed by atoms with Gasteiger partial charge in [0.05, 0.1) is 0 Å². The van der Waals surface area contributed by atoms with Gasteiger partial charge in [0.2, 0.25) is 0 Å². The molecule has 0 fully saturated rings. The normalized spacial score (nSPS) is 11.7. The molecule has 0 radical (unpaired) electrons. The first-order valence-corrected chi connectivity index (χ1v) is 8.14. The lowest BCUT2D eigenvalue weighted by atomic mass is 9.89. The fourth-order valence-electron chi connectivity index (χ4n) is 2.97. The summed E-state index contributed by atoms with van der Waals surface area (Å²) in [5, 5.41) is 0. The number of hydrogen-bond acceptors (Lipinski definition) is 0. The lowest BCUT2D eigenvalue weighted by Crippen LogP contribution is -1.99. The summed E-state index contributed by atoms with van der Waals surface area (Å²) in [4.78, 5) is 0. The SMILES string of the molecule is C/C(=C/C(c1ccccc1)c1ccccc1)Cc1ccccc1. The zero-order valence-corrected chi connectivity index (χ0v) is 13.5. The Morgan fingerprint density at radius 2 is 1.13 bits per heavy atom. The average molecular weight is 298 g/mol. The maximum Gasteiger partial charge on any atom is 0.0272 e. The highest BCUT2D eigenvalue weighted by atomic mass is 14.1. The van der Waals surface area contributed by atoms with Gasteiger partial charge in [0.15, 0.2) is 0 Å². The molecule has 0 N–H and O–H groups in total. The van der Waals surface area contributed by atoms with Gasteiger partial charge in [-0.2, -0.15) is 0 Å². The van der Waals surface area contributed by atoms with Crippen LogP contribution in [0.5, 0.6) is 0 Å². The quantitative estimate of drug-likeness (QED) is 0.506. The van der Waals surface area contributed by atoms with Crippen molar-refractivity contribution in [2.24, 2.45) is 0 Å². The molecule has 0 spiro atoms. The van der Waals surface area contributed by atoms with Crippen LogP contribution >= 0.6 is 0 Å². The maximum atomic E-state index is 2.40. The van der Waals surface area contributed by atoms with Gasteiger partial charge in [-0.3, -0.25) is 0 Å². The molecular weight excluding hydrogens is 276 g/mol. The Morgan fingerprint density at radius 1 is 0.696 bits per heavy atom. The zero-order valence-electron chi connectivity index (χ0n) is 13.5. The average Bonchev–Trinajstić information content (AvgIpc) is 2.62. The fourth-order valence-corrected chi connectivity index (χ4v) is 2.97. The molecule has 0 amide bonds. The van der Waals surface area contributed by atoms with Crippen molar-refractivity contribution in [1.82, 2.24) is 0 Å². The topological polar surface area (TPSA) is 0 Å².